The largest absolute Gasteiger partial charge is 0.420 e. The highest BCUT2D eigenvalue weighted by Gasteiger charge is 2.53. The van der Waals surface area contributed by atoms with Crippen molar-refractivity contribution in [1.82, 2.24) is 5.32 Å². The Bertz CT molecular complexity index is 346. The molecule has 1 fully saturated rings. The lowest BCUT2D eigenvalue weighted by Crippen LogP contribution is -2.62. The van der Waals surface area contributed by atoms with Gasteiger partial charge in [0.2, 0.25) is 6.10 Å². The minimum Gasteiger partial charge on any atom is -0.420 e. The number of nitrogens with one attached hydrogen (secondary N) is 1. The molecule has 110 valence electrons. The molecule has 0 aromatic carbocycles. The first-order chi connectivity index (χ1) is 8.82. The fraction of sp³-hybridized carbons (Fsp3) is 0.818. The molecule has 0 radical (unpaired) electrons. The van der Waals surface area contributed by atoms with E-state index in [1.807, 2.05) is 6.92 Å². The van der Waals surface area contributed by atoms with Crippen LogP contribution in [-0.2, 0) is 19.1 Å². The van der Waals surface area contributed by atoms with Gasteiger partial charge < -0.3 is 24.8 Å². The Hall–Kier alpha value is -1.22. The molecule has 1 heterocycles. The van der Waals surface area contributed by atoms with Gasteiger partial charge in [-0.1, -0.05) is 13.3 Å². The maximum atomic E-state index is 11.8. The first kappa shape index (κ1) is 15.8. The third-order valence-electron chi connectivity index (χ3n) is 2.70. The number of hydrogen-bond acceptors (Lipinski definition) is 8. The molecular formula is C11H19NO7. The molecule has 0 amide bonds. The van der Waals surface area contributed by atoms with Crippen molar-refractivity contribution in [2.45, 2.75) is 50.9 Å². The molecule has 4 N–H and O–H groups in total. The van der Waals surface area contributed by atoms with E-state index in [1.54, 1.807) is 0 Å². The van der Waals surface area contributed by atoms with Crippen LogP contribution in [0.4, 0.5) is 0 Å². The van der Waals surface area contributed by atoms with Gasteiger partial charge in [-0.25, -0.2) is 9.59 Å². The van der Waals surface area contributed by atoms with E-state index >= 15 is 0 Å². The molecule has 0 bridgehead atoms. The lowest BCUT2D eigenvalue weighted by molar-refractivity contribution is -0.204. The van der Waals surface area contributed by atoms with Crippen LogP contribution < -0.4 is 5.32 Å². The van der Waals surface area contributed by atoms with Crippen LogP contribution in [0.3, 0.4) is 0 Å². The molecule has 8 heteroatoms. The molecule has 1 saturated heterocycles. The maximum Gasteiger partial charge on any atom is 0.360 e. The number of carbonyl (C=O) groups is 2. The summed E-state index contributed by atoms with van der Waals surface area (Å²) in [6.45, 7) is 3.34. The summed E-state index contributed by atoms with van der Waals surface area (Å²) in [6.07, 6.45) is -3.55. The maximum absolute atomic E-state index is 11.8. The van der Waals surface area contributed by atoms with Gasteiger partial charge in [-0.3, -0.25) is 5.32 Å². The zero-order valence-corrected chi connectivity index (χ0v) is 10.8. The Morgan fingerprint density at radius 1 is 1.42 bits per heavy atom. The second kappa shape index (κ2) is 6.29. The molecular weight excluding hydrogens is 258 g/mol. The van der Waals surface area contributed by atoms with Crippen LogP contribution in [0, 0.1) is 0 Å². The molecule has 1 aliphatic heterocycles. The van der Waals surface area contributed by atoms with Crippen LogP contribution in [0.15, 0.2) is 0 Å². The van der Waals surface area contributed by atoms with Crippen LogP contribution >= 0.6 is 0 Å². The molecule has 0 aromatic rings. The Morgan fingerprint density at radius 2 is 2.05 bits per heavy atom. The van der Waals surface area contributed by atoms with Crippen LogP contribution in [-0.4, -0.2) is 58.0 Å². The standard InChI is InChI=1S/C11H19NO7/c1-3-4-5-12-11(17)7(14)8(15)18-9(6(2)13)19-10(11)16/h6-7,9,12-14,17H,3-5H2,1-2H3. The molecule has 0 saturated carbocycles. The summed E-state index contributed by atoms with van der Waals surface area (Å²) < 4.78 is 9.23. The van der Waals surface area contributed by atoms with Crippen molar-refractivity contribution < 1.29 is 34.4 Å². The van der Waals surface area contributed by atoms with E-state index in [1.165, 1.54) is 6.92 Å². The lowest BCUT2D eigenvalue weighted by Gasteiger charge is -2.27. The van der Waals surface area contributed by atoms with E-state index in [9.17, 15) is 24.9 Å². The highest BCUT2D eigenvalue weighted by molar-refractivity contribution is 5.90. The van der Waals surface area contributed by atoms with Crippen molar-refractivity contribution in [2.24, 2.45) is 0 Å². The number of cyclic esters (lactones) is 2. The zero-order chi connectivity index (χ0) is 14.6. The Labute approximate surface area is 110 Å². The second-order valence-electron chi connectivity index (χ2n) is 4.40. The number of unbranched alkanes of at least 4 members (excludes halogenated alkanes) is 1. The first-order valence-electron chi connectivity index (χ1n) is 6.08. The van der Waals surface area contributed by atoms with E-state index in [-0.39, 0.29) is 6.54 Å². The number of hydrogen-bond donors (Lipinski definition) is 4. The minimum atomic E-state index is -2.57. The number of aliphatic hydroxyl groups excluding tert-OH is 2. The summed E-state index contributed by atoms with van der Waals surface area (Å²) in [5.41, 5.74) is -2.57. The van der Waals surface area contributed by atoms with Crippen molar-refractivity contribution in [3.8, 4) is 0 Å². The predicted octanol–water partition coefficient (Wildman–Crippen LogP) is -1.77. The molecule has 8 nitrogen and oxygen atoms in total. The van der Waals surface area contributed by atoms with E-state index in [0.717, 1.165) is 6.42 Å². The highest BCUT2D eigenvalue weighted by atomic mass is 16.7. The lowest BCUT2D eigenvalue weighted by atomic mass is 10.1. The first-order valence-corrected chi connectivity index (χ1v) is 6.08. The van der Waals surface area contributed by atoms with Gasteiger partial charge in [-0.2, -0.15) is 0 Å². The SMILES string of the molecule is CCCCNC1(O)C(=O)OC(C(C)O)OC(=O)C1O. The van der Waals surface area contributed by atoms with Crippen molar-refractivity contribution >= 4 is 11.9 Å². The zero-order valence-electron chi connectivity index (χ0n) is 10.8. The average Bonchev–Trinajstić information content (AvgIpc) is 2.43. The normalized spacial score (nSPS) is 33.3. The fourth-order valence-electron chi connectivity index (χ4n) is 1.50. The van der Waals surface area contributed by atoms with Gasteiger partial charge in [-0.05, 0) is 19.9 Å². The van der Waals surface area contributed by atoms with Gasteiger partial charge in [-0.15, -0.1) is 0 Å². The van der Waals surface area contributed by atoms with Crippen LogP contribution in [0.2, 0.25) is 0 Å². The van der Waals surface area contributed by atoms with E-state index in [4.69, 9.17) is 0 Å². The van der Waals surface area contributed by atoms with Crippen LogP contribution in [0.1, 0.15) is 26.7 Å². The number of ether oxygens (including phenoxy) is 2. The number of carbonyl (C=O) groups excluding carboxylic acids is 2. The number of rotatable bonds is 5. The van der Waals surface area contributed by atoms with Crippen LogP contribution in [0.25, 0.3) is 0 Å². The molecule has 19 heavy (non-hydrogen) atoms. The quantitative estimate of drug-likeness (QED) is 0.264. The van der Waals surface area contributed by atoms with Crippen molar-refractivity contribution in [3.63, 3.8) is 0 Å². The molecule has 1 aliphatic rings. The van der Waals surface area contributed by atoms with Crippen molar-refractivity contribution in [1.29, 1.82) is 0 Å². The topological polar surface area (TPSA) is 125 Å². The molecule has 1 rings (SSSR count). The van der Waals surface area contributed by atoms with E-state index < -0.39 is 36.2 Å². The minimum absolute atomic E-state index is 0.200. The van der Waals surface area contributed by atoms with Gasteiger partial charge in [0.05, 0.1) is 0 Å². The van der Waals surface area contributed by atoms with Gasteiger partial charge in [0.15, 0.2) is 0 Å². The van der Waals surface area contributed by atoms with Gasteiger partial charge in [0.1, 0.15) is 6.10 Å². The summed E-state index contributed by atoms with van der Waals surface area (Å²) in [5, 5.41) is 31.4. The predicted molar refractivity (Wildman–Crippen MR) is 61.5 cm³/mol. The third-order valence-corrected chi connectivity index (χ3v) is 2.70. The smallest absolute Gasteiger partial charge is 0.360 e. The summed E-state index contributed by atoms with van der Waals surface area (Å²) in [5.74, 6) is -2.52. The van der Waals surface area contributed by atoms with Gasteiger partial charge in [0.25, 0.3) is 12.0 Å². The van der Waals surface area contributed by atoms with Gasteiger partial charge in [0, 0.05) is 0 Å². The molecule has 4 unspecified atom stereocenters. The van der Waals surface area contributed by atoms with E-state index in [0.29, 0.717) is 6.42 Å². The monoisotopic (exact) mass is 277 g/mol. The Kier molecular flexibility index (Phi) is 5.24. The van der Waals surface area contributed by atoms with Crippen molar-refractivity contribution in [3.05, 3.63) is 0 Å². The van der Waals surface area contributed by atoms with Gasteiger partial charge >= 0.3 is 11.9 Å². The summed E-state index contributed by atoms with van der Waals surface area (Å²) >= 11 is 0. The number of aliphatic hydroxyl groups is 3. The summed E-state index contributed by atoms with van der Waals surface area (Å²) in [4.78, 5) is 23.3. The molecule has 0 aromatic heterocycles. The Balaban J connectivity index is 2.89. The third kappa shape index (κ3) is 3.41. The molecule has 0 spiro atoms. The summed E-state index contributed by atoms with van der Waals surface area (Å²) in [6, 6.07) is 0. The second-order valence-corrected chi connectivity index (χ2v) is 4.40. The van der Waals surface area contributed by atoms with E-state index in [2.05, 4.69) is 14.8 Å². The Morgan fingerprint density at radius 3 is 2.58 bits per heavy atom. The van der Waals surface area contributed by atoms with Crippen molar-refractivity contribution in [2.75, 3.05) is 6.54 Å². The fourth-order valence-corrected chi connectivity index (χ4v) is 1.50. The average molecular weight is 277 g/mol. The summed E-state index contributed by atoms with van der Waals surface area (Å²) in [7, 11) is 0. The number of esters is 2. The molecule has 0 aliphatic carbocycles. The highest BCUT2D eigenvalue weighted by Crippen LogP contribution is 2.20. The van der Waals surface area contributed by atoms with Crippen LogP contribution in [0.5, 0.6) is 0 Å². The molecule has 4 atom stereocenters.